The first-order valence-electron chi connectivity index (χ1n) is 10.3. The molecule has 0 bridgehead atoms. The molecule has 0 aliphatic rings. The third kappa shape index (κ3) is 4.37. The Morgan fingerprint density at radius 1 is 1.09 bits per heavy atom. The second kappa shape index (κ2) is 9.33. The number of benzene rings is 2. The molecule has 0 aliphatic heterocycles. The molecule has 0 amide bonds. The number of aryl methyl sites for hydroxylation is 1. The summed E-state index contributed by atoms with van der Waals surface area (Å²) >= 11 is 1.40. The second-order valence-electron chi connectivity index (χ2n) is 7.45. The second-order valence-corrected chi connectivity index (χ2v) is 9.99. The zero-order chi connectivity index (χ0) is 22.7. The predicted molar refractivity (Wildman–Crippen MR) is 126 cm³/mol. The minimum absolute atomic E-state index is 0.0133. The van der Waals surface area contributed by atoms with Gasteiger partial charge in [-0.2, -0.15) is 0 Å². The van der Waals surface area contributed by atoms with Crippen LogP contribution in [0.25, 0.3) is 21.3 Å². The highest BCUT2D eigenvalue weighted by Gasteiger charge is 2.18. The monoisotopic (exact) mass is 469 g/mol. The molecule has 0 spiro atoms. The number of aromatic nitrogens is 2. The largest absolute Gasteiger partial charge is 0.302 e. The number of nitrogens with zero attached hydrogens (tertiary/aromatic N) is 2. The van der Waals surface area contributed by atoms with Crippen molar-refractivity contribution in [2.75, 3.05) is 0 Å². The molecule has 2 heterocycles. The summed E-state index contributed by atoms with van der Waals surface area (Å²) in [5, 5.41) is 10.9. The van der Waals surface area contributed by atoms with Gasteiger partial charge in [0.1, 0.15) is 10.5 Å². The van der Waals surface area contributed by atoms with Crippen LogP contribution in [0, 0.1) is 0 Å². The molecule has 2 aromatic heterocycles. The van der Waals surface area contributed by atoms with Crippen molar-refractivity contribution in [2.45, 2.75) is 37.6 Å². The van der Waals surface area contributed by atoms with E-state index in [0.29, 0.717) is 22.4 Å². The van der Waals surface area contributed by atoms with Gasteiger partial charge in [0.2, 0.25) is 0 Å². The SMILES string of the molecule is CCCCc1nc2ccsc2c(=O)n1Cc1ccc(-c2ccccc2S(=O)(=O)NO)cc1. The number of hydrogen-bond donors (Lipinski definition) is 2. The molecular formula is C23H23N3O4S2. The van der Waals surface area contributed by atoms with Crippen molar-refractivity contribution in [1.82, 2.24) is 14.4 Å². The molecule has 0 atom stereocenters. The molecule has 0 fully saturated rings. The Bertz CT molecular complexity index is 1410. The molecular weight excluding hydrogens is 446 g/mol. The molecule has 32 heavy (non-hydrogen) atoms. The van der Waals surface area contributed by atoms with Gasteiger partial charge in [-0.25, -0.2) is 13.4 Å². The van der Waals surface area contributed by atoms with E-state index < -0.39 is 10.0 Å². The Hall–Kier alpha value is -2.85. The number of fused-ring (bicyclic) bond motifs is 1. The van der Waals surface area contributed by atoms with Crippen molar-refractivity contribution < 1.29 is 13.6 Å². The van der Waals surface area contributed by atoms with Gasteiger partial charge in [0, 0.05) is 12.0 Å². The van der Waals surface area contributed by atoms with Crippen LogP contribution in [0.4, 0.5) is 0 Å². The molecule has 0 saturated carbocycles. The van der Waals surface area contributed by atoms with Crippen molar-refractivity contribution in [1.29, 1.82) is 0 Å². The fraction of sp³-hybridized carbons (Fsp3) is 0.217. The molecule has 0 unspecified atom stereocenters. The molecule has 166 valence electrons. The lowest BCUT2D eigenvalue weighted by Gasteiger charge is -2.13. The van der Waals surface area contributed by atoms with E-state index >= 15 is 0 Å². The van der Waals surface area contributed by atoms with Gasteiger partial charge >= 0.3 is 0 Å². The van der Waals surface area contributed by atoms with Gasteiger partial charge in [-0.1, -0.05) is 60.7 Å². The van der Waals surface area contributed by atoms with E-state index in [0.717, 1.165) is 36.2 Å². The topological polar surface area (TPSA) is 101 Å². The zero-order valence-corrected chi connectivity index (χ0v) is 19.1. The molecule has 4 rings (SSSR count). The van der Waals surface area contributed by atoms with Crippen molar-refractivity contribution in [2.24, 2.45) is 0 Å². The van der Waals surface area contributed by atoms with E-state index in [1.54, 1.807) is 22.8 Å². The van der Waals surface area contributed by atoms with E-state index in [9.17, 15) is 13.2 Å². The van der Waals surface area contributed by atoms with Crippen LogP contribution in [0.1, 0.15) is 31.2 Å². The van der Waals surface area contributed by atoms with Gasteiger partial charge in [-0.05, 0) is 35.1 Å². The lowest BCUT2D eigenvalue weighted by molar-refractivity contribution is 0.242. The number of hydrogen-bond acceptors (Lipinski definition) is 6. The number of thiophene rings is 1. The Labute approximate surface area is 190 Å². The van der Waals surface area contributed by atoms with Crippen molar-refractivity contribution in [3.8, 4) is 11.1 Å². The van der Waals surface area contributed by atoms with Gasteiger partial charge in [0.15, 0.2) is 0 Å². The zero-order valence-electron chi connectivity index (χ0n) is 17.5. The summed E-state index contributed by atoms with van der Waals surface area (Å²) in [4.78, 5) is 19.2. The normalized spacial score (nSPS) is 11.8. The van der Waals surface area contributed by atoms with E-state index in [1.807, 2.05) is 35.7 Å². The summed E-state index contributed by atoms with van der Waals surface area (Å²) in [6, 6.07) is 15.7. The van der Waals surface area contributed by atoms with Crippen LogP contribution in [0.5, 0.6) is 0 Å². The highest BCUT2D eigenvalue weighted by molar-refractivity contribution is 7.89. The first kappa shape index (κ1) is 22.3. The molecule has 9 heteroatoms. The molecule has 0 radical (unpaired) electrons. The Balaban J connectivity index is 1.70. The van der Waals surface area contributed by atoms with E-state index in [1.165, 1.54) is 22.3 Å². The van der Waals surface area contributed by atoms with Crippen LogP contribution >= 0.6 is 11.3 Å². The van der Waals surface area contributed by atoms with Crippen molar-refractivity contribution >= 4 is 31.6 Å². The van der Waals surface area contributed by atoms with Crippen LogP contribution in [0.2, 0.25) is 0 Å². The highest BCUT2D eigenvalue weighted by atomic mass is 32.2. The summed E-state index contributed by atoms with van der Waals surface area (Å²) < 4.78 is 26.7. The Morgan fingerprint density at radius 3 is 2.56 bits per heavy atom. The smallest absolute Gasteiger partial charge is 0.271 e. The summed E-state index contributed by atoms with van der Waals surface area (Å²) in [6.07, 6.45) is 2.69. The molecule has 2 N–H and O–H groups in total. The first-order valence-corrected chi connectivity index (χ1v) is 12.6. The fourth-order valence-electron chi connectivity index (χ4n) is 3.64. The first-order chi connectivity index (χ1) is 15.4. The molecule has 4 aromatic rings. The molecule has 7 nitrogen and oxygen atoms in total. The maximum absolute atomic E-state index is 13.1. The number of nitrogens with one attached hydrogen (secondary N) is 1. The van der Waals surface area contributed by atoms with Gasteiger partial charge in [0.25, 0.3) is 15.6 Å². The summed E-state index contributed by atoms with van der Waals surface area (Å²) in [6.45, 7) is 2.49. The Kier molecular flexibility index (Phi) is 6.52. The van der Waals surface area contributed by atoms with E-state index in [-0.39, 0.29) is 10.5 Å². The van der Waals surface area contributed by atoms with Crippen molar-refractivity contribution in [3.05, 3.63) is 81.7 Å². The summed E-state index contributed by atoms with van der Waals surface area (Å²) in [5.74, 6) is 0.775. The van der Waals surface area contributed by atoms with E-state index in [4.69, 9.17) is 10.2 Å². The van der Waals surface area contributed by atoms with Gasteiger partial charge in [0.05, 0.1) is 17.0 Å². The standard InChI is InChI=1S/C23H23N3O4S2/c1-2-3-8-21-24-19-13-14-31-22(19)23(27)26(21)15-16-9-11-17(12-10-16)18-6-4-5-7-20(18)32(29,30)25-28/h4-7,9-14,25,28H,2-3,8,15H2,1H3. The lowest BCUT2D eigenvalue weighted by atomic mass is 10.0. The van der Waals surface area contributed by atoms with Crippen LogP contribution < -0.4 is 10.4 Å². The van der Waals surface area contributed by atoms with Crippen LogP contribution in [0.15, 0.2) is 69.7 Å². The Morgan fingerprint density at radius 2 is 1.84 bits per heavy atom. The van der Waals surface area contributed by atoms with Crippen LogP contribution in [-0.2, 0) is 23.0 Å². The minimum Gasteiger partial charge on any atom is -0.302 e. The average Bonchev–Trinajstić information content (AvgIpc) is 3.29. The predicted octanol–water partition coefficient (Wildman–Crippen LogP) is 4.18. The average molecular weight is 470 g/mol. The fourth-order valence-corrected chi connectivity index (χ4v) is 5.25. The maximum atomic E-state index is 13.1. The maximum Gasteiger partial charge on any atom is 0.271 e. The lowest BCUT2D eigenvalue weighted by Crippen LogP contribution is -2.25. The van der Waals surface area contributed by atoms with Crippen LogP contribution in [-0.4, -0.2) is 23.2 Å². The third-order valence-electron chi connectivity index (χ3n) is 5.30. The number of sulfonamides is 1. The highest BCUT2D eigenvalue weighted by Crippen LogP contribution is 2.27. The van der Waals surface area contributed by atoms with Crippen LogP contribution in [0.3, 0.4) is 0 Å². The molecule has 0 saturated heterocycles. The summed E-state index contributed by atoms with van der Waals surface area (Å²) in [7, 11) is -4.02. The number of rotatable bonds is 8. The molecule has 0 aliphatic carbocycles. The van der Waals surface area contributed by atoms with E-state index in [2.05, 4.69) is 6.92 Å². The van der Waals surface area contributed by atoms with Gasteiger partial charge < -0.3 is 5.21 Å². The van der Waals surface area contributed by atoms with Crippen molar-refractivity contribution in [3.63, 3.8) is 0 Å². The minimum atomic E-state index is -4.02. The summed E-state index contributed by atoms with van der Waals surface area (Å²) in [5.41, 5.74) is 2.78. The number of unbranched alkanes of at least 4 members (excludes halogenated alkanes) is 1. The molecule has 2 aromatic carbocycles. The van der Waals surface area contributed by atoms with Gasteiger partial charge in [-0.3, -0.25) is 9.36 Å². The quantitative estimate of drug-likeness (QED) is 0.377. The van der Waals surface area contributed by atoms with Gasteiger partial charge in [-0.15, -0.1) is 11.3 Å². The third-order valence-corrected chi connectivity index (χ3v) is 7.37.